The van der Waals surface area contributed by atoms with Crippen LogP contribution in [0.5, 0.6) is 0 Å². The first kappa shape index (κ1) is 25.6. The highest BCUT2D eigenvalue weighted by Gasteiger charge is 2.35. The van der Waals surface area contributed by atoms with Gasteiger partial charge in [0.15, 0.2) is 0 Å². The molecule has 0 saturated carbocycles. The van der Waals surface area contributed by atoms with Gasteiger partial charge in [0.05, 0.1) is 0 Å². The smallest absolute Gasteiger partial charge is 0.0462 e. The number of hydrogen-bond donors (Lipinski definition) is 0. The fourth-order valence-corrected chi connectivity index (χ4v) is 6.42. The van der Waals surface area contributed by atoms with Gasteiger partial charge in [0, 0.05) is 26.9 Å². The van der Waals surface area contributed by atoms with Crippen molar-refractivity contribution in [3.8, 4) is 33.4 Å². The number of nitrogens with zero attached hydrogens (tertiary/aromatic N) is 1. The zero-order valence-electron chi connectivity index (χ0n) is 23.2. The molecule has 6 aromatic carbocycles. The SMILES string of the molecule is CC1(C)c2ccccc2-c2ccc(-c3ccc(N(c4ccc(Br)cc4)c4ccc(-c5ccccc5)cc4)cc3)cc21. The maximum atomic E-state index is 3.60. The van der Waals surface area contributed by atoms with E-state index in [0.717, 1.165) is 21.5 Å². The fraction of sp³-hybridized carbons (Fsp3) is 0.0769. The van der Waals surface area contributed by atoms with Crippen LogP contribution in [0.25, 0.3) is 33.4 Å². The van der Waals surface area contributed by atoms with Crippen molar-refractivity contribution >= 4 is 33.0 Å². The summed E-state index contributed by atoms with van der Waals surface area (Å²) in [7, 11) is 0. The maximum absolute atomic E-state index is 3.60. The molecular formula is C39H30BrN. The van der Waals surface area contributed by atoms with Gasteiger partial charge >= 0.3 is 0 Å². The summed E-state index contributed by atoms with van der Waals surface area (Å²) in [6.07, 6.45) is 0. The van der Waals surface area contributed by atoms with Crippen molar-refractivity contribution in [3.63, 3.8) is 0 Å². The largest absolute Gasteiger partial charge is 0.311 e. The van der Waals surface area contributed by atoms with Crippen LogP contribution in [0.2, 0.25) is 0 Å². The number of fused-ring (bicyclic) bond motifs is 3. The van der Waals surface area contributed by atoms with Gasteiger partial charge in [-0.3, -0.25) is 0 Å². The molecule has 0 atom stereocenters. The van der Waals surface area contributed by atoms with Crippen molar-refractivity contribution in [2.75, 3.05) is 4.90 Å². The number of anilines is 3. The van der Waals surface area contributed by atoms with E-state index in [-0.39, 0.29) is 5.41 Å². The topological polar surface area (TPSA) is 3.24 Å². The third-order valence-corrected chi connectivity index (χ3v) is 8.89. The zero-order valence-corrected chi connectivity index (χ0v) is 24.8. The lowest BCUT2D eigenvalue weighted by Gasteiger charge is -2.26. The van der Waals surface area contributed by atoms with Crippen LogP contribution in [-0.2, 0) is 5.41 Å². The van der Waals surface area contributed by atoms with Gasteiger partial charge in [-0.2, -0.15) is 0 Å². The standard InChI is InChI=1S/C39H30BrN/c1-39(2)37-11-7-6-10-35(37)36-25-16-30(26-38(36)39)29-14-21-33(22-15-29)41(34-23-17-31(40)18-24-34)32-19-12-28(13-20-32)27-8-4-3-5-9-27/h3-26H,1-2H3. The Morgan fingerprint density at radius 3 is 1.54 bits per heavy atom. The molecule has 1 nitrogen and oxygen atoms in total. The van der Waals surface area contributed by atoms with Crippen molar-refractivity contribution in [1.82, 2.24) is 0 Å². The third-order valence-electron chi connectivity index (χ3n) is 8.36. The van der Waals surface area contributed by atoms with Crippen LogP contribution >= 0.6 is 15.9 Å². The second kappa shape index (κ2) is 10.2. The van der Waals surface area contributed by atoms with Crippen molar-refractivity contribution in [3.05, 3.63) is 161 Å². The van der Waals surface area contributed by atoms with E-state index in [4.69, 9.17) is 0 Å². The molecule has 0 radical (unpaired) electrons. The molecule has 6 aromatic rings. The summed E-state index contributed by atoms with van der Waals surface area (Å²) in [5.41, 5.74) is 13.8. The Morgan fingerprint density at radius 2 is 0.902 bits per heavy atom. The Kier molecular flexibility index (Phi) is 6.37. The van der Waals surface area contributed by atoms with Crippen LogP contribution in [0, 0.1) is 0 Å². The summed E-state index contributed by atoms with van der Waals surface area (Å²) in [5.74, 6) is 0. The number of hydrogen-bond acceptors (Lipinski definition) is 1. The molecular weight excluding hydrogens is 562 g/mol. The minimum Gasteiger partial charge on any atom is -0.311 e. The Balaban J connectivity index is 1.25. The first-order valence-electron chi connectivity index (χ1n) is 14.0. The van der Waals surface area contributed by atoms with Gasteiger partial charge in [-0.05, 0) is 99.1 Å². The first-order chi connectivity index (χ1) is 20.0. The summed E-state index contributed by atoms with van der Waals surface area (Å²) in [4.78, 5) is 2.31. The minimum absolute atomic E-state index is 0.00777. The lowest BCUT2D eigenvalue weighted by molar-refractivity contribution is 0.660. The van der Waals surface area contributed by atoms with Crippen molar-refractivity contribution in [2.24, 2.45) is 0 Å². The molecule has 0 bridgehead atoms. The molecule has 1 aliphatic carbocycles. The van der Waals surface area contributed by atoms with Gasteiger partial charge in [-0.25, -0.2) is 0 Å². The summed E-state index contributed by atoms with van der Waals surface area (Å²) >= 11 is 3.60. The van der Waals surface area contributed by atoms with Crippen LogP contribution in [0.3, 0.4) is 0 Å². The molecule has 0 spiro atoms. The molecule has 0 N–H and O–H groups in total. The Labute approximate surface area is 250 Å². The molecule has 2 heteroatoms. The Hall–Kier alpha value is -4.40. The Morgan fingerprint density at radius 1 is 0.439 bits per heavy atom. The quantitative estimate of drug-likeness (QED) is 0.193. The highest BCUT2D eigenvalue weighted by molar-refractivity contribution is 9.10. The van der Waals surface area contributed by atoms with E-state index in [1.807, 2.05) is 0 Å². The molecule has 7 rings (SSSR count). The lowest BCUT2D eigenvalue weighted by atomic mass is 9.81. The highest BCUT2D eigenvalue weighted by Crippen LogP contribution is 2.49. The van der Waals surface area contributed by atoms with Crippen LogP contribution in [0.15, 0.2) is 150 Å². The monoisotopic (exact) mass is 591 g/mol. The molecule has 0 amide bonds. The van der Waals surface area contributed by atoms with Gasteiger partial charge in [-0.1, -0.05) is 121 Å². The predicted molar refractivity (Wildman–Crippen MR) is 177 cm³/mol. The van der Waals surface area contributed by atoms with Crippen LogP contribution in [-0.4, -0.2) is 0 Å². The average Bonchev–Trinajstić information content (AvgIpc) is 3.25. The second-order valence-electron chi connectivity index (χ2n) is 11.2. The van der Waals surface area contributed by atoms with Crippen molar-refractivity contribution in [2.45, 2.75) is 19.3 Å². The molecule has 41 heavy (non-hydrogen) atoms. The summed E-state index contributed by atoms with van der Waals surface area (Å²) in [6.45, 7) is 4.67. The van der Waals surface area contributed by atoms with Crippen LogP contribution in [0.1, 0.15) is 25.0 Å². The number of halogens is 1. The predicted octanol–water partition coefficient (Wildman–Crippen LogP) is 11.6. The maximum Gasteiger partial charge on any atom is 0.0462 e. The molecule has 1 aliphatic rings. The molecule has 0 fully saturated rings. The summed E-state index contributed by atoms with van der Waals surface area (Å²) in [6, 6.07) is 52.6. The van der Waals surface area contributed by atoms with Gasteiger partial charge in [0.25, 0.3) is 0 Å². The normalized spacial score (nSPS) is 13.0. The molecule has 0 heterocycles. The van der Waals surface area contributed by atoms with Gasteiger partial charge in [0.2, 0.25) is 0 Å². The summed E-state index contributed by atoms with van der Waals surface area (Å²) < 4.78 is 1.07. The van der Waals surface area contributed by atoms with E-state index >= 15 is 0 Å². The minimum atomic E-state index is -0.00777. The van der Waals surface area contributed by atoms with Crippen LogP contribution < -0.4 is 4.90 Å². The van der Waals surface area contributed by atoms with Crippen molar-refractivity contribution in [1.29, 1.82) is 0 Å². The number of benzene rings is 6. The molecule has 198 valence electrons. The van der Waals surface area contributed by atoms with Crippen molar-refractivity contribution < 1.29 is 0 Å². The van der Waals surface area contributed by atoms with Gasteiger partial charge in [0.1, 0.15) is 0 Å². The zero-order chi connectivity index (χ0) is 28.0. The lowest BCUT2D eigenvalue weighted by Crippen LogP contribution is -2.14. The molecule has 0 saturated heterocycles. The molecule has 0 unspecified atom stereocenters. The second-order valence-corrected chi connectivity index (χ2v) is 12.1. The molecule has 0 aliphatic heterocycles. The highest BCUT2D eigenvalue weighted by atomic mass is 79.9. The molecule has 0 aromatic heterocycles. The summed E-state index contributed by atoms with van der Waals surface area (Å²) in [5, 5.41) is 0. The van der Waals surface area contributed by atoms with E-state index in [1.165, 1.54) is 44.5 Å². The number of rotatable bonds is 5. The van der Waals surface area contributed by atoms with Crippen LogP contribution in [0.4, 0.5) is 17.1 Å². The first-order valence-corrected chi connectivity index (χ1v) is 14.8. The fourth-order valence-electron chi connectivity index (χ4n) is 6.16. The third kappa shape index (κ3) is 4.59. The Bertz CT molecular complexity index is 1830. The van der Waals surface area contributed by atoms with E-state index in [0.29, 0.717) is 0 Å². The van der Waals surface area contributed by atoms with E-state index in [9.17, 15) is 0 Å². The van der Waals surface area contributed by atoms with Gasteiger partial charge < -0.3 is 4.90 Å². The average molecular weight is 593 g/mol. The van der Waals surface area contributed by atoms with E-state index < -0.39 is 0 Å². The van der Waals surface area contributed by atoms with E-state index in [2.05, 4.69) is 180 Å². The van der Waals surface area contributed by atoms with E-state index in [1.54, 1.807) is 0 Å². The van der Waals surface area contributed by atoms with Gasteiger partial charge in [-0.15, -0.1) is 0 Å².